The van der Waals surface area contributed by atoms with E-state index in [0.717, 1.165) is 27.1 Å². The van der Waals surface area contributed by atoms with Gasteiger partial charge in [-0.05, 0) is 41.0 Å². The van der Waals surface area contributed by atoms with Crippen molar-refractivity contribution >= 4 is 53.3 Å². The van der Waals surface area contributed by atoms with E-state index in [0.29, 0.717) is 17.5 Å². The van der Waals surface area contributed by atoms with Gasteiger partial charge in [-0.15, -0.1) is 11.3 Å². The molecule has 3 heterocycles. The van der Waals surface area contributed by atoms with E-state index in [4.69, 9.17) is 15.0 Å². The Labute approximate surface area is 327 Å². The fourth-order valence-electron chi connectivity index (χ4n) is 8.13. The molecule has 4 nitrogen and oxygen atoms in total. The summed E-state index contributed by atoms with van der Waals surface area (Å²) in [6, 6.07) is 68.6. The Morgan fingerprint density at radius 1 is 0.375 bits per heavy atom. The Hall–Kier alpha value is -7.21. The van der Waals surface area contributed by atoms with E-state index in [1.807, 2.05) is 36.4 Å². The predicted octanol–water partition coefficient (Wildman–Crippen LogP) is 13.7. The summed E-state index contributed by atoms with van der Waals surface area (Å²) in [6.07, 6.45) is 0. The molecule has 3 aromatic heterocycles. The van der Waals surface area contributed by atoms with Crippen LogP contribution in [-0.2, 0) is 0 Å². The van der Waals surface area contributed by atoms with Crippen LogP contribution in [0.1, 0.15) is 0 Å². The molecule has 11 rings (SSSR count). The zero-order valence-electron chi connectivity index (χ0n) is 30.2. The van der Waals surface area contributed by atoms with Gasteiger partial charge in [0.2, 0.25) is 0 Å². The predicted molar refractivity (Wildman–Crippen MR) is 234 cm³/mol. The lowest BCUT2D eigenvalue weighted by molar-refractivity contribution is 1.08. The van der Waals surface area contributed by atoms with Crippen molar-refractivity contribution in [1.29, 1.82) is 0 Å². The molecule has 0 saturated heterocycles. The van der Waals surface area contributed by atoms with Crippen LogP contribution in [0.5, 0.6) is 0 Å². The normalized spacial score (nSPS) is 11.6. The first-order chi connectivity index (χ1) is 27.8. The standard InChI is InChI=1S/C51H32N4S/c1-5-17-33(18-6-1)38-26-15-27-40-39-25-13-14-30-44(39)55(47(38)40)37-31-43(34-19-7-2-8-20-34)46-41-28-16-29-42(48(41)56-45(46)32-37)51-53-49(35-21-9-3-10-22-35)52-50(54-51)36-23-11-4-12-24-36/h1-32H. The quantitative estimate of drug-likeness (QED) is 0.171. The minimum atomic E-state index is 0.653. The smallest absolute Gasteiger partial charge is 0.165 e. The number of hydrogen-bond acceptors (Lipinski definition) is 4. The summed E-state index contributed by atoms with van der Waals surface area (Å²) in [7, 11) is 0. The molecule has 8 aromatic carbocycles. The monoisotopic (exact) mass is 732 g/mol. The maximum Gasteiger partial charge on any atom is 0.165 e. The second-order valence-corrected chi connectivity index (χ2v) is 15.0. The molecule has 0 atom stereocenters. The highest BCUT2D eigenvalue weighted by Crippen LogP contribution is 2.46. The number of aromatic nitrogens is 4. The molecule has 56 heavy (non-hydrogen) atoms. The third-order valence-corrected chi connectivity index (χ3v) is 11.8. The summed E-state index contributed by atoms with van der Waals surface area (Å²) < 4.78 is 4.81. The molecule has 0 fully saturated rings. The largest absolute Gasteiger partial charge is 0.309 e. The van der Waals surface area contributed by atoms with Gasteiger partial charge in [0.15, 0.2) is 17.5 Å². The lowest BCUT2D eigenvalue weighted by Gasteiger charge is -2.14. The van der Waals surface area contributed by atoms with Crippen molar-refractivity contribution < 1.29 is 0 Å². The van der Waals surface area contributed by atoms with E-state index in [1.165, 1.54) is 59.5 Å². The lowest BCUT2D eigenvalue weighted by atomic mass is 9.97. The van der Waals surface area contributed by atoms with Crippen LogP contribution in [0.15, 0.2) is 194 Å². The van der Waals surface area contributed by atoms with Crippen molar-refractivity contribution in [1.82, 2.24) is 19.5 Å². The van der Waals surface area contributed by atoms with Gasteiger partial charge in [-0.2, -0.15) is 0 Å². The number of para-hydroxylation sites is 2. The molecular weight excluding hydrogens is 701 g/mol. The topological polar surface area (TPSA) is 43.6 Å². The summed E-state index contributed by atoms with van der Waals surface area (Å²) in [5, 5.41) is 4.88. The number of benzene rings is 8. The average molecular weight is 733 g/mol. The minimum Gasteiger partial charge on any atom is -0.309 e. The Kier molecular flexibility index (Phi) is 7.64. The van der Waals surface area contributed by atoms with Crippen molar-refractivity contribution in [3.63, 3.8) is 0 Å². The molecule has 0 spiro atoms. The van der Waals surface area contributed by atoms with Crippen LogP contribution in [0, 0.1) is 0 Å². The average Bonchev–Trinajstić information content (AvgIpc) is 3.83. The molecule has 0 unspecified atom stereocenters. The van der Waals surface area contributed by atoms with Gasteiger partial charge in [0.05, 0.1) is 11.0 Å². The van der Waals surface area contributed by atoms with Crippen LogP contribution < -0.4 is 0 Å². The second-order valence-electron chi connectivity index (χ2n) is 14.0. The number of nitrogens with zero attached hydrogens (tertiary/aromatic N) is 4. The maximum absolute atomic E-state index is 5.15. The first-order valence-electron chi connectivity index (χ1n) is 18.8. The maximum atomic E-state index is 5.15. The first kappa shape index (κ1) is 32.2. The highest BCUT2D eigenvalue weighted by molar-refractivity contribution is 7.26. The van der Waals surface area contributed by atoms with Crippen LogP contribution in [-0.4, -0.2) is 19.5 Å². The number of fused-ring (bicyclic) bond motifs is 6. The van der Waals surface area contributed by atoms with E-state index in [-0.39, 0.29) is 0 Å². The molecule has 262 valence electrons. The van der Waals surface area contributed by atoms with Gasteiger partial charge < -0.3 is 4.57 Å². The van der Waals surface area contributed by atoms with Gasteiger partial charge >= 0.3 is 0 Å². The molecule has 0 saturated carbocycles. The van der Waals surface area contributed by atoms with Gasteiger partial charge in [0, 0.05) is 58.9 Å². The molecule has 0 radical (unpaired) electrons. The molecule has 0 N–H and O–H groups in total. The Balaban J connectivity index is 1.21. The molecule has 0 aliphatic heterocycles. The Bertz CT molecular complexity index is 3170. The fraction of sp³-hybridized carbons (Fsp3) is 0. The molecule has 0 amide bonds. The zero-order chi connectivity index (χ0) is 37.0. The summed E-state index contributed by atoms with van der Waals surface area (Å²) in [4.78, 5) is 15.3. The van der Waals surface area contributed by atoms with E-state index >= 15 is 0 Å². The van der Waals surface area contributed by atoms with E-state index < -0.39 is 0 Å². The van der Waals surface area contributed by atoms with Crippen molar-refractivity contribution in [2.24, 2.45) is 0 Å². The highest BCUT2D eigenvalue weighted by atomic mass is 32.1. The Morgan fingerprint density at radius 3 is 1.52 bits per heavy atom. The number of hydrogen-bond donors (Lipinski definition) is 0. The number of thiophene rings is 1. The third kappa shape index (κ3) is 5.32. The van der Waals surface area contributed by atoms with Crippen molar-refractivity contribution in [3.8, 4) is 62.1 Å². The summed E-state index contributed by atoms with van der Waals surface area (Å²) in [5.74, 6) is 1.96. The van der Waals surface area contributed by atoms with E-state index in [2.05, 4.69) is 162 Å². The summed E-state index contributed by atoms with van der Waals surface area (Å²) in [5.41, 5.74) is 11.2. The van der Waals surface area contributed by atoms with E-state index in [1.54, 1.807) is 11.3 Å². The van der Waals surface area contributed by atoms with Crippen LogP contribution in [0.25, 0.3) is 104 Å². The first-order valence-corrected chi connectivity index (χ1v) is 19.6. The third-order valence-electron chi connectivity index (χ3n) is 10.6. The van der Waals surface area contributed by atoms with Crippen molar-refractivity contribution in [2.45, 2.75) is 0 Å². The lowest BCUT2D eigenvalue weighted by Crippen LogP contribution is -2.00. The van der Waals surface area contributed by atoms with Crippen LogP contribution in [0.3, 0.4) is 0 Å². The van der Waals surface area contributed by atoms with Crippen LogP contribution >= 0.6 is 11.3 Å². The summed E-state index contributed by atoms with van der Waals surface area (Å²) in [6.45, 7) is 0. The van der Waals surface area contributed by atoms with Crippen molar-refractivity contribution in [2.75, 3.05) is 0 Å². The molecule has 0 aliphatic rings. The van der Waals surface area contributed by atoms with Crippen molar-refractivity contribution in [3.05, 3.63) is 194 Å². The fourth-order valence-corrected chi connectivity index (χ4v) is 9.40. The SMILES string of the molecule is c1ccc(-c2nc(-c3ccccc3)nc(-c3cccc4c3sc3cc(-n5c6ccccc6c6cccc(-c7ccccc7)c65)cc(-c5ccccc5)c34)n2)cc1. The zero-order valence-corrected chi connectivity index (χ0v) is 31.0. The van der Waals surface area contributed by atoms with Gasteiger partial charge in [-0.25, -0.2) is 15.0 Å². The summed E-state index contributed by atoms with van der Waals surface area (Å²) >= 11 is 1.80. The molecule has 5 heteroatoms. The van der Waals surface area contributed by atoms with Crippen LogP contribution in [0.4, 0.5) is 0 Å². The molecular formula is C51H32N4S. The highest BCUT2D eigenvalue weighted by Gasteiger charge is 2.22. The molecule has 0 bridgehead atoms. The van der Waals surface area contributed by atoms with Crippen LogP contribution in [0.2, 0.25) is 0 Å². The van der Waals surface area contributed by atoms with E-state index in [9.17, 15) is 0 Å². The molecule has 11 aromatic rings. The Morgan fingerprint density at radius 2 is 0.875 bits per heavy atom. The van der Waals surface area contributed by atoms with Gasteiger partial charge in [-0.3, -0.25) is 0 Å². The molecule has 0 aliphatic carbocycles. The minimum absolute atomic E-state index is 0.653. The van der Waals surface area contributed by atoms with Gasteiger partial charge in [0.25, 0.3) is 0 Å². The number of rotatable bonds is 6. The second kappa shape index (κ2) is 13.3. The van der Waals surface area contributed by atoms with Gasteiger partial charge in [0.1, 0.15) is 0 Å². The van der Waals surface area contributed by atoms with Gasteiger partial charge in [-0.1, -0.05) is 170 Å².